The maximum Gasteiger partial charge on any atom is 0.0622 e. The number of hydrogen-bond acceptors (Lipinski definition) is 2. The molecule has 5 aliphatic rings. The summed E-state index contributed by atoms with van der Waals surface area (Å²) in [6.45, 7) is 6.80. The number of aliphatic hydroxyl groups is 1. The Morgan fingerprint density at radius 1 is 0.692 bits per heavy atom. The van der Waals surface area contributed by atoms with Gasteiger partial charge in [-0.3, -0.25) is 0 Å². The van der Waals surface area contributed by atoms with Crippen LogP contribution in [0.5, 0.6) is 0 Å². The fourth-order valence-corrected chi connectivity index (χ4v) is 9.01. The Bertz CT molecular complexity index is 522. The van der Waals surface area contributed by atoms with Gasteiger partial charge in [0.2, 0.25) is 0 Å². The van der Waals surface area contributed by atoms with Crippen LogP contribution in [0.2, 0.25) is 0 Å². The lowest BCUT2D eigenvalue weighted by Gasteiger charge is -2.57. The summed E-state index contributed by atoms with van der Waals surface area (Å²) in [5.74, 6) is 6.65. The zero-order valence-electron chi connectivity index (χ0n) is 17.1. The number of fused-ring (bicyclic) bond motifs is 5. The molecule has 4 aliphatic carbocycles. The first-order chi connectivity index (χ1) is 12.5. The van der Waals surface area contributed by atoms with E-state index in [0.29, 0.717) is 5.41 Å². The SMILES string of the molecule is C[C@@]1(O)CC[C@H]2[C@H](CC[C@@H]3[C@@H]2CC[C@]2(C)[C@@H](C4CCOCC4)CC[C@@H]32)C1. The second kappa shape index (κ2) is 6.48. The van der Waals surface area contributed by atoms with Crippen LogP contribution in [0.1, 0.15) is 84.5 Å². The summed E-state index contributed by atoms with van der Waals surface area (Å²) in [5, 5.41) is 10.6. The highest BCUT2D eigenvalue weighted by Crippen LogP contribution is 2.66. The highest BCUT2D eigenvalue weighted by molar-refractivity contribution is 5.07. The fourth-order valence-electron chi connectivity index (χ4n) is 9.01. The first-order valence-electron chi connectivity index (χ1n) is 11.8. The summed E-state index contributed by atoms with van der Waals surface area (Å²) >= 11 is 0. The van der Waals surface area contributed by atoms with Crippen LogP contribution in [-0.4, -0.2) is 23.9 Å². The molecule has 1 heterocycles. The van der Waals surface area contributed by atoms with Crippen LogP contribution >= 0.6 is 0 Å². The minimum atomic E-state index is -0.376. The van der Waals surface area contributed by atoms with E-state index < -0.39 is 0 Å². The van der Waals surface area contributed by atoms with Crippen molar-refractivity contribution in [1.29, 1.82) is 0 Å². The lowest BCUT2D eigenvalue weighted by Crippen LogP contribution is -2.51. The molecule has 0 spiro atoms. The molecule has 5 rings (SSSR count). The van der Waals surface area contributed by atoms with Crippen molar-refractivity contribution >= 4 is 0 Å². The average Bonchev–Trinajstić information content (AvgIpc) is 2.98. The molecule has 0 aromatic carbocycles. The molecule has 2 heteroatoms. The van der Waals surface area contributed by atoms with Crippen molar-refractivity contribution < 1.29 is 9.84 Å². The summed E-state index contributed by atoms with van der Waals surface area (Å²) in [4.78, 5) is 0. The number of hydrogen-bond donors (Lipinski definition) is 1. The topological polar surface area (TPSA) is 29.5 Å². The predicted molar refractivity (Wildman–Crippen MR) is 105 cm³/mol. The van der Waals surface area contributed by atoms with E-state index in [1.165, 1.54) is 57.8 Å². The van der Waals surface area contributed by atoms with Gasteiger partial charge in [-0.15, -0.1) is 0 Å². The third-order valence-corrected chi connectivity index (χ3v) is 10.1. The van der Waals surface area contributed by atoms with Gasteiger partial charge >= 0.3 is 0 Å². The first kappa shape index (κ1) is 18.0. The largest absolute Gasteiger partial charge is 0.390 e. The molecule has 8 atom stereocenters. The van der Waals surface area contributed by atoms with Gasteiger partial charge in [0.25, 0.3) is 0 Å². The van der Waals surface area contributed by atoms with Gasteiger partial charge in [0.05, 0.1) is 5.60 Å². The molecular weight excluding hydrogens is 320 g/mol. The maximum atomic E-state index is 10.6. The van der Waals surface area contributed by atoms with Gasteiger partial charge in [0, 0.05) is 13.2 Å². The number of rotatable bonds is 1. The highest BCUT2D eigenvalue weighted by atomic mass is 16.5. The van der Waals surface area contributed by atoms with Gasteiger partial charge < -0.3 is 9.84 Å². The van der Waals surface area contributed by atoms with Crippen molar-refractivity contribution in [3.8, 4) is 0 Å². The van der Waals surface area contributed by atoms with Gasteiger partial charge in [0.1, 0.15) is 0 Å². The second-order valence-corrected chi connectivity index (χ2v) is 11.4. The van der Waals surface area contributed by atoms with Gasteiger partial charge in [-0.25, -0.2) is 0 Å². The highest BCUT2D eigenvalue weighted by Gasteiger charge is 2.58. The van der Waals surface area contributed by atoms with Gasteiger partial charge in [0.15, 0.2) is 0 Å². The van der Waals surface area contributed by atoms with Crippen LogP contribution in [0.15, 0.2) is 0 Å². The van der Waals surface area contributed by atoms with Gasteiger partial charge in [-0.2, -0.15) is 0 Å². The van der Waals surface area contributed by atoms with E-state index in [2.05, 4.69) is 13.8 Å². The summed E-state index contributed by atoms with van der Waals surface area (Å²) in [6, 6.07) is 0. The molecule has 1 N–H and O–H groups in total. The molecule has 0 radical (unpaired) electrons. The summed E-state index contributed by atoms with van der Waals surface area (Å²) in [5.41, 5.74) is 0.245. The average molecular weight is 361 g/mol. The molecule has 0 amide bonds. The Labute approximate surface area is 160 Å². The molecule has 2 nitrogen and oxygen atoms in total. The van der Waals surface area contributed by atoms with E-state index in [1.54, 1.807) is 0 Å². The van der Waals surface area contributed by atoms with E-state index in [0.717, 1.165) is 67.5 Å². The molecule has 0 aromatic heterocycles. The zero-order valence-corrected chi connectivity index (χ0v) is 17.1. The molecule has 148 valence electrons. The normalized spacial score (nSPS) is 55.0. The maximum absolute atomic E-state index is 10.6. The zero-order chi connectivity index (χ0) is 17.9. The van der Waals surface area contributed by atoms with Crippen LogP contribution in [0.4, 0.5) is 0 Å². The second-order valence-electron chi connectivity index (χ2n) is 11.4. The molecule has 1 saturated heterocycles. The lowest BCUT2D eigenvalue weighted by atomic mass is 9.48. The van der Waals surface area contributed by atoms with Crippen molar-refractivity contribution in [3.63, 3.8) is 0 Å². The Hall–Kier alpha value is -0.0800. The lowest BCUT2D eigenvalue weighted by molar-refractivity contribution is -0.106. The smallest absolute Gasteiger partial charge is 0.0622 e. The van der Waals surface area contributed by atoms with Crippen molar-refractivity contribution in [2.24, 2.45) is 46.8 Å². The minimum Gasteiger partial charge on any atom is -0.390 e. The van der Waals surface area contributed by atoms with Crippen LogP contribution in [0.25, 0.3) is 0 Å². The molecule has 5 fully saturated rings. The summed E-state index contributed by atoms with van der Waals surface area (Å²) < 4.78 is 5.67. The number of ether oxygens (including phenoxy) is 1. The standard InChI is InChI=1S/C24H40O2/c1-23(25)11-7-18-17(15-23)3-4-20-19(18)8-12-24(2)21(5-6-22(20)24)16-9-13-26-14-10-16/h16-22,25H,3-15H2,1-2H3/t17-,18+,19-,20-,21-,22+,23-,24-/m1/s1. The van der Waals surface area contributed by atoms with E-state index in [-0.39, 0.29) is 5.60 Å². The molecule has 0 aromatic rings. The van der Waals surface area contributed by atoms with E-state index in [1.807, 2.05) is 0 Å². The quantitative estimate of drug-likeness (QED) is 0.675. The van der Waals surface area contributed by atoms with Crippen LogP contribution in [0.3, 0.4) is 0 Å². The molecule has 4 saturated carbocycles. The van der Waals surface area contributed by atoms with Crippen LogP contribution in [-0.2, 0) is 4.74 Å². The fraction of sp³-hybridized carbons (Fsp3) is 1.00. The third-order valence-electron chi connectivity index (χ3n) is 10.1. The van der Waals surface area contributed by atoms with E-state index in [4.69, 9.17) is 4.74 Å². The Balaban J connectivity index is 1.34. The third kappa shape index (κ3) is 2.81. The Morgan fingerprint density at radius 3 is 2.23 bits per heavy atom. The van der Waals surface area contributed by atoms with Crippen molar-refractivity contribution in [1.82, 2.24) is 0 Å². The van der Waals surface area contributed by atoms with Gasteiger partial charge in [-0.05, 0) is 124 Å². The molecule has 0 unspecified atom stereocenters. The molecular formula is C24H40O2. The van der Waals surface area contributed by atoms with Crippen LogP contribution in [0, 0.1) is 46.8 Å². The Kier molecular flexibility index (Phi) is 4.48. The summed E-state index contributed by atoms with van der Waals surface area (Å²) in [6.07, 6.45) is 14.9. The molecule has 26 heavy (non-hydrogen) atoms. The first-order valence-corrected chi connectivity index (χ1v) is 11.8. The van der Waals surface area contributed by atoms with E-state index in [9.17, 15) is 5.11 Å². The Morgan fingerprint density at radius 2 is 1.42 bits per heavy atom. The van der Waals surface area contributed by atoms with Crippen molar-refractivity contribution in [2.45, 2.75) is 90.1 Å². The predicted octanol–water partition coefficient (Wildman–Crippen LogP) is 5.43. The molecule has 1 aliphatic heterocycles. The van der Waals surface area contributed by atoms with E-state index >= 15 is 0 Å². The monoisotopic (exact) mass is 360 g/mol. The van der Waals surface area contributed by atoms with Crippen LogP contribution < -0.4 is 0 Å². The van der Waals surface area contributed by atoms with Crippen molar-refractivity contribution in [2.75, 3.05) is 13.2 Å². The van der Waals surface area contributed by atoms with Gasteiger partial charge in [-0.1, -0.05) is 6.92 Å². The minimum absolute atomic E-state index is 0.376. The summed E-state index contributed by atoms with van der Waals surface area (Å²) in [7, 11) is 0. The molecule has 0 bridgehead atoms. The van der Waals surface area contributed by atoms with Crippen molar-refractivity contribution in [3.05, 3.63) is 0 Å².